The molecule has 0 saturated carbocycles. The fourth-order valence-electron chi connectivity index (χ4n) is 1.12. The van der Waals surface area contributed by atoms with Gasteiger partial charge in [0.1, 0.15) is 5.82 Å². The Morgan fingerprint density at radius 2 is 2.00 bits per heavy atom. The number of halogens is 4. The predicted molar refractivity (Wildman–Crippen MR) is 56.3 cm³/mol. The van der Waals surface area contributed by atoms with E-state index in [1.807, 2.05) is 0 Å². The van der Waals surface area contributed by atoms with Gasteiger partial charge in [-0.1, -0.05) is 0 Å². The number of hydrogen-bond donors (Lipinski definition) is 1. The Bertz CT molecular complexity index is 550. The molecule has 0 atom stereocenters. The van der Waals surface area contributed by atoms with Crippen LogP contribution in [0.3, 0.4) is 0 Å². The summed E-state index contributed by atoms with van der Waals surface area (Å²) in [5.74, 6) is -1.61. The van der Waals surface area contributed by atoms with Crippen LogP contribution < -0.4 is 5.73 Å². The van der Waals surface area contributed by atoms with Crippen molar-refractivity contribution >= 4 is 21.7 Å². The Labute approximate surface area is 102 Å². The van der Waals surface area contributed by atoms with E-state index in [9.17, 15) is 13.2 Å². The summed E-state index contributed by atoms with van der Waals surface area (Å²) in [7, 11) is 0. The molecule has 0 unspecified atom stereocenters. The van der Waals surface area contributed by atoms with Crippen LogP contribution in [0, 0.1) is 0 Å². The molecule has 0 bridgehead atoms. The minimum atomic E-state index is -4.64. The number of alkyl halides is 3. The zero-order valence-corrected chi connectivity index (χ0v) is 9.70. The van der Waals surface area contributed by atoms with Gasteiger partial charge in [0, 0.05) is 12.3 Å². The first-order valence-corrected chi connectivity index (χ1v) is 5.08. The normalized spacial score (nSPS) is 11.8. The van der Waals surface area contributed by atoms with E-state index in [0.29, 0.717) is 4.47 Å². The molecular formula is C8H5BrF3N5. The summed E-state index contributed by atoms with van der Waals surface area (Å²) in [6.45, 7) is 0. The number of nitrogens with two attached hydrogens (primary N) is 1. The Morgan fingerprint density at radius 1 is 1.29 bits per heavy atom. The summed E-state index contributed by atoms with van der Waals surface area (Å²) < 4.78 is 39.1. The lowest BCUT2D eigenvalue weighted by Gasteiger charge is -2.07. The fraction of sp³-hybridized carbons (Fsp3) is 0.125. The van der Waals surface area contributed by atoms with E-state index in [2.05, 4.69) is 31.0 Å². The predicted octanol–water partition coefficient (Wildman–Crippen LogP) is 2.03. The van der Waals surface area contributed by atoms with Crippen molar-refractivity contribution in [1.29, 1.82) is 0 Å². The Balaban J connectivity index is 2.52. The molecule has 2 aromatic heterocycles. The van der Waals surface area contributed by atoms with Crippen LogP contribution in [-0.4, -0.2) is 19.7 Å². The van der Waals surface area contributed by atoms with Gasteiger partial charge in [-0.25, -0.2) is 14.6 Å². The Hall–Kier alpha value is -1.64. The fourth-order valence-corrected chi connectivity index (χ4v) is 1.41. The van der Waals surface area contributed by atoms with E-state index in [1.165, 1.54) is 18.5 Å². The average molecular weight is 308 g/mol. The van der Waals surface area contributed by atoms with Gasteiger partial charge in [-0.2, -0.15) is 18.3 Å². The summed E-state index contributed by atoms with van der Waals surface area (Å²) in [6.07, 6.45) is -1.76. The first-order valence-electron chi connectivity index (χ1n) is 4.28. The minimum absolute atomic E-state index is 0.0458. The number of nitrogens with zero attached hydrogens (tertiary/aromatic N) is 4. The lowest BCUT2D eigenvalue weighted by molar-refractivity contribution is -0.144. The molecule has 0 saturated heterocycles. The highest BCUT2D eigenvalue weighted by molar-refractivity contribution is 9.10. The lowest BCUT2D eigenvalue weighted by atomic mass is 10.5. The molecule has 2 aromatic rings. The van der Waals surface area contributed by atoms with Crippen LogP contribution in [0.15, 0.2) is 22.9 Å². The number of aromatic nitrogens is 4. The first-order chi connectivity index (χ1) is 7.86. The molecule has 0 aliphatic heterocycles. The molecule has 90 valence electrons. The summed E-state index contributed by atoms with van der Waals surface area (Å²) >= 11 is 3.13. The molecule has 2 heterocycles. The maximum Gasteiger partial charge on any atom is 0.451 e. The van der Waals surface area contributed by atoms with Crippen LogP contribution in [0.25, 0.3) is 5.82 Å². The van der Waals surface area contributed by atoms with Crippen LogP contribution in [0.4, 0.5) is 19.0 Å². The third-order valence-corrected chi connectivity index (χ3v) is 2.18. The van der Waals surface area contributed by atoms with Crippen molar-refractivity contribution in [2.75, 3.05) is 5.73 Å². The molecule has 0 radical (unpaired) electrons. The van der Waals surface area contributed by atoms with Crippen molar-refractivity contribution in [2.24, 2.45) is 0 Å². The second-order valence-electron chi connectivity index (χ2n) is 3.08. The van der Waals surface area contributed by atoms with Crippen LogP contribution >= 0.6 is 15.9 Å². The van der Waals surface area contributed by atoms with Crippen LogP contribution in [0.1, 0.15) is 5.82 Å². The van der Waals surface area contributed by atoms with Crippen molar-refractivity contribution in [3.8, 4) is 5.82 Å². The summed E-state index contributed by atoms with van der Waals surface area (Å²) in [4.78, 5) is 6.48. The lowest BCUT2D eigenvalue weighted by Crippen LogP contribution is -2.14. The molecule has 0 aliphatic carbocycles. The quantitative estimate of drug-likeness (QED) is 0.875. The molecule has 17 heavy (non-hydrogen) atoms. The number of rotatable bonds is 1. The molecule has 2 N–H and O–H groups in total. The molecule has 5 nitrogen and oxygen atoms in total. The topological polar surface area (TPSA) is 69.6 Å². The standard InChI is InChI=1S/C8H5BrF3N5/c9-4-2-14-17(3-4)6-1-5(13)15-7(16-6)8(10,11)12/h1-3H,(H2,13,15,16). The van der Waals surface area contributed by atoms with E-state index in [-0.39, 0.29) is 11.6 Å². The van der Waals surface area contributed by atoms with E-state index in [0.717, 1.165) is 4.68 Å². The van der Waals surface area contributed by atoms with E-state index < -0.39 is 12.0 Å². The second-order valence-corrected chi connectivity index (χ2v) is 3.99. The van der Waals surface area contributed by atoms with Crippen molar-refractivity contribution in [1.82, 2.24) is 19.7 Å². The van der Waals surface area contributed by atoms with Gasteiger partial charge in [0.2, 0.25) is 5.82 Å². The molecule has 0 aliphatic rings. The SMILES string of the molecule is Nc1cc(-n2cc(Br)cn2)nc(C(F)(F)F)n1. The summed E-state index contributed by atoms with van der Waals surface area (Å²) in [5, 5.41) is 3.81. The highest BCUT2D eigenvalue weighted by Crippen LogP contribution is 2.27. The second kappa shape index (κ2) is 3.99. The van der Waals surface area contributed by atoms with Gasteiger partial charge in [0.15, 0.2) is 5.82 Å². The van der Waals surface area contributed by atoms with E-state index in [1.54, 1.807) is 0 Å². The van der Waals surface area contributed by atoms with E-state index >= 15 is 0 Å². The minimum Gasteiger partial charge on any atom is -0.384 e. The largest absolute Gasteiger partial charge is 0.451 e. The van der Waals surface area contributed by atoms with Crippen molar-refractivity contribution in [3.63, 3.8) is 0 Å². The van der Waals surface area contributed by atoms with Gasteiger partial charge in [0.05, 0.1) is 10.7 Å². The Morgan fingerprint density at radius 3 is 2.53 bits per heavy atom. The monoisotopic (exact) mass is 307 g/mol. The van der Waals surface area contributed by atoms with Gasteiger partial charge in [0.25, 0.3) is 0 Å². The van der Waals surface area contributed by atoms with Crippen LogP contribution in [0.5, 0.6) is 0 Å². The zero-order chi connectivity index (χ0) is 12.6. The van der Waals surface area contributed by atoms with Crippen LogP contribution in [0.2, 0.25) is 0 Å². The number of anilines is 1. The van der Waals surface area contributed by atoms with Gasteiger partial charge >= 0.3 is 6.18 Å². The third kappa shape index (κ3) is 2.54. The Kier molecular flexibility index (Phi) is 2.77. The molecular weight excluding hydrogens is 303 g/mol. The highest BCUT2D eigenvalue weighted by atomic mass is 79.9. The van der Waals surface area contributed by atoms with Crippen molar-refractivity contribution in [3.05, 3.63) is 28.8 Å². The van der Waals surface area contributed by atoms with Crippen molar-refractivity contribution in [2.45, 2.75) is 6.18 Å². The molecule has 0 spiro atoms. The van der Waals surface area contributed by atoms with Gasteiger partial charge in [-0.15, -0.1) is 0 Å². The maximum absolute atomic E-state index is 12.4. The zero-order valence-electron chi connectivity index (χ0n) is 8.11. The molecule has 0 fully saturated rings. The number of hydrogen-bond acceptors (Lipinski definition) is 4. The molecule has 2 rings (SSSR count). The third-order valence-electron chi connectivity index (χ3n) is 1.77. The average Bonchev–Trinajstić information content (AvgIpc) is 2.62. The maximum atomic E-state index is 12.4. The summed E-state index contributed by atoms with van der Waals surface area (Å²) in [5.41, 5.74) is 5.30. The van der Waals surface area contributed by atoms with Crippen LogP contribution in [-0.2, 0) is 6.18 Å². The van der Waals surface area contributed by atoms with Gasteiger partial charge < -0.3 is 5.73 Å². The molecule has 0 amide bonds. The van der Waals surface area contributed by atoms with E-state index in [4.69, 9.17) is 5.73 Å². The highest BCUT2D eigenvalue weighted by Gasteiger charge is 2.35. The molecule has 9 heteroatoms. The number of nitrogen functional groups attached to an aromatic ring is 1. The smallest absolute Gasteiger partial charge is 0.384 e. The van der Waals surface area contributed by atoms with Crippen molar-refractivity contribution < 1.29 is 13.2 Å². The molecule has 0 aromatic carbocycles. The van der Waals surface area contributed by atoms with Gasteiger partial charge in [-0.3, -0.25) is 0 Å². The first kappa shape index (κ1) is 11.8. The van der Waals surface area contributed by atoms with Gasteiger partial charge in [-0.05, 0) is 15.9 Å². The summed E-state index contributed by atoms with van der Waals surface area (Å²) in [6, 6.07) is 1.20.